The molecule has 0 atom stereocenters. The number of aromatic nitrogens is 3. The Bertz CT molecular complexity index is 1300. The predicted molar refractivity (Wildman–Crippen MR) is 108 cm³/mol. The van der Waals surface area contributed by atoms with E-state index in [9.17, 15) is 14.4 Å². The summed E-state index contributed by atoms with van der Waals surface area (Å²) in [5.41, 5.74) is 7.48. The molecule has 0 unspecified atom stereocenters. The van der Waals surface area contributed by atoms with Gasteiger partial charge in [0.05, 0.1) is 12.1 Å². The van der Waals surface area contributed by atoms with Crippen molar-refractivity contribution in [3.8, 4) is 10.4 Å². The van der Waals surface area contributed by atoms with Gasteiger partial charge in [-0.2, -0.15) is 0 Å². The van der Waals surface area contributed by atoms with Gasteiger partial charge in [-0.3, -0.25) is 19.4 Å². The molecule has 0 saturated carbocycles. The number of carbonyl (C=O) groups excluding carboxylic acids is 1. The largest absolute Gasteiger partial charge is 0.369 e. The van der Waals surface area contributed by atoms with Gasteiger partial charge in [0, 0.05) is 22.2 Å². The van der Waals surface area contributed by atoms with Crippen molar-refractivity contribution in [2.24, 2.45) is 0 Å². The minimum absolute atomic E-state index is 0.0638. The van der Waals surface area contributed by atoms with E-state index in [2.05, 4.69) is 20.3 Å². The van der Waals surface area contributed by atoms with Crippen LogP contribution in [0.25, 0.3) is 20.7 Å². The second-order valence-corrected chi connectivity index (χ2v) is 7.13. The van der Waals surface area contributed by atoms with Crippen LogP contribution in [0.3, 0.4) is 0 Å². The second-order valence-electron chi connectivity index (χ2n) is 6.08. The van der Waals surface area contributed by atoms with Gasteiger partial charge in [0.15, 0.2) is 0 Å². The number of carbonyl (C=O) groups is 1. The SMILES string of the molecule is Nc1nc2cc(-c3cccc(C(=O)NCc4cccc(=O)[nH]4)c3)sc2c(=O)[nH]1. The molecule has 1 aromatic carbocycles. The highest BCUT2D eigenvalue weighted by Gasteiger charge is 2.12. The summed E-state index contributed by atoms with van der Waals surface area (Å²) < 4.78 is 0.479. The second kappa shape index (κ2) is 7.12. The van der Waals surface area contributed by atoms with Gasteiger partial charge in [-0.25, -0.2) is 4.98 Å². The van der Waals surface area contributed by atoms with Crippen LogP contribution in [0.15, 0.2) is 58.1 Å². The summed E-state index contributed by atoms with van der Waals surface area (Å²) in [6, 6.07) is 13.6. The Hall–Kier alpha value is -3.72. The minimum Gasteiger partial charge on any atom is -0.369 e. The summed E-state index contributed by atoms with van der Waals surface area (Å²) in [5, 5.41) is 2.77. The van der Waals surface area contributed by atoms with Crippen LogP contribution in [-0.2, 0) is 6.54 Å². The van der Waals surface area contributed by atoms with Crippen molar-refractivity contribution < 1.29 is 4.79 Å². The fourth-order valence-electron chi connectivity index (χ4n) is 2.79. The summed E-state index contributed by atoms with van der Waals surface area (Å²) in [6.45, 7) is 0.209. The van der Waals surface area contributed by atoms with Crippen LogP contribution in [0.1, 0.15) is 16.1 Å². The minimum atomic E-state index is -0.287. The van der Waals surface area contributed by atoms with E-state index >= 15 is 0 Å². The number of hydrogen-bond donors (Lipinski definition) is 4. The third-order valence-electron chi connectivity index (χ3n) is 4.08. The van der Waals surface area contributed by atoms with Crippen LogP contribution >= 0.6 is 11.3 Å². The molecule has 0 radical (unpaired) electrons. The van der Waals surface area contributed by atoms with Gasteiger partial charge in [0.1, 0.15) is 4.70 Å². The molecule has 0 aliphatic heterocycles. The van der Waals surface area contributed by atoms with E-state index in [-0.39, 0.29) is 29.5 Å². The number of nitrogens with one attached hydrogen (secondary N) is 3. The maximum Gasteiger partial charge on any atom is 0.270 e. The lowest BCUT2D eigenvalue weighted by Gasteiger charge is -2.06. The number of amides is 1. The highest BCUT2D eigenvalue weighted by Crippen LogP contribution is 2.31. The molecule has 4 aromatic rings. The van der Waals surface area contributed by atoms with Crippen LogP contribution in [-0.4, -0.2) is 20.9 Å². The Kier molecular flexibility index (Phi) is 4.50. The maximum absolute atomic E-state index is 12.5. The summed E-state index contributed by atoms with van der Waals surface area (Å²) >= 11 is 1.28. The third kappa shape index (κ3) is 3.55. The van der Waals surface area contributed by atoms with Crippen molar-refractivity contribution in [3.05, 3.63) is 80.5 Å². The van der Waals surface area contributed by atoms with Crippen molar-refractivity contribution >= 4 is 33.4 Å². The first kappa shape index (κ1) is 17.7. The van der Waals surface area contributed by atoms with Crippen LogP contribution in [0.2, 0.25) is 0 Å². The van der Waals surface area contributed by atoms with Crippen molar-refractivity contribution in [2.75, 3.05) is 5.73 Å². The molecule has 4 rings (SSSR count). The molecule has 0 aliphatic rings. The first-order chi connectivity index (χ1) is 13.5. The number of hydrogen-bond acceptors (Lipinski definition) is 6. The number of nitrogen functional groups attached to an aromatic ring is 1. The zero-order valence-corrected chi connectivity index (χ0v) is 15.3. The average Bonchev–Trinajstić information content (AvgIpc) is 3.11. The molecule has 9 heteroatoms. The monoisotopic (exact) mass is 393 g/mol. The quantitative estimate of drug-likeness (QED) is 0.420. The fraction of sp³-hybridized carbons (Fsp3) is 0.0526. The van der Waals surface area contributed by atoms with Crippen molar-refractivity contribution in [1.29, 1.82) is 0 Å². The van der Waals surface area contributed by atoms with E-state index in [1.165, 1.54) is 17.4 Å². The molecule has 0 spiro atoms. The smallest absolute Gasteiger partial charge is 0.270 e. The number of H-pyrrole nitrogens is 2. The van der Waals surface area contributed by atoms with Crippen LogP contribution in [0, 0.1) is 0 Å². The first-order valence-corrected chi connectivity index (χ1v) is 9.17. The molecular formula is C19H15N5O3S. The summed E-state index contributed by atoms with van der Waals surface area (Å²) in [7, 11) is 0. The Balaban J connectivity index is 1.59. The molecule has 5 N–H and O–H groups in total. The lowest BCUT2D eigenvalue weighted by Crippen LogP contribution is -2.24. The van der Waals surface area contributed by atoms with Gasteiger partial charge >= 0.3 is 0 Å². The average molecular weight is 393 g/mol. The first-order valence-electron chi connectivity index (χ1n) is 8.36. The Morgan fingerprint density at radius 3 is 2.75 bits per heavy atom. The lowest BCUT2D eigenvalue weighted by molar-refractivity contribution is 0.0950. The van der Waals surface area contributed by atoms with E-state index in [1.54, 1.807) is 36.4 Å². The van der Waals surface area contributed by atoms with E-state index < -0.39 is 0 Å². The highest BCUT2D eigenvalue weighted by atomic mass is 32.1. The van der Waals surface area contributed by atoms with E-state index in [1.807, 2.05) is 6.07 Å². The molecule has 0 bridgehead atoms. The topological polar surface area (TPSA) is 134 Å². The standard InChI is InChI=1S/C19H15N5O3S/c20-19-23-13-8-14(28-16(13)18(27)24-19)10-3-1-4-11(7-10)17(26)21-9-12-5-2-6-15(25)22-12/h1-8H,9H2,(H,21,26)(H,22,25)(H3,20,23,24,27). The van der Waals surface area contributed by atoms with Crippen molar-refractivity contribution in [1.82, 2.24) is 20.3 Å². The van der Waals surface area contributed by atoms with Gasteiger partial charge in [-0.05, 0) is 29.8 Å². The van der Waals surface area contributed by atoms with Gasteiger partial charge in [-0.15, -0.1) is 11.3 Å². The molecule has 1 amide bonds. The maximum atomic E-state index is 12.5. The molecule has 140 valence electrons. The van der Waals surface area contributed by atoms with Crippen molar-refractivity contribution in [2.45, 2.75) is 6.54 Å². The molecule has 8 nitrogen and oxygen atoms in total. The number of nitrogens with two attached hydrogens (primary N) is 1. The number of anilines is 1. The predicted octanol–water partition coefficient (Wildman–Crippen LogP) is 1.85. The molecule has 0 saturated heterocycles. The number of fused-ring (bicyclic) bond motifs is 1. The van der Waals surface area contributed by atoms with Gasteiger partial charge < -0.3 is 16.0 Å². The number of thiophene rings is 1. The van der Waals surface area contributed by atoms with Gasteiger partial charge in [-0.1, -0.05) is 18.2 Å². The lowest BCUT2D eigenvalue weighted by atomic mass is 10.1. The van der Waals surface area contributed by atoms with Crippen LogP contribution in [0.4, 0.5) is 5.95 Å². The van der Waals surface area contributed by atoms with Crippen molar-refractivity contribution in [3.63, 3.8) is 0 Å². The number of pyridine rings is 1. The van der Waals surface area contributed by atoms with Crippen LogP contribution in [0.5, 0.6) is 0 Å². The van der Waals surface area contributed by atoms with E-state index in [0.29, 0.717) is 21.5 Å². The molecule has 28 heavy (non-hydrogen) atoms. The number of aromatic amines is 2. The van der Waals surface area contributed by atoms with Gasteiger partial charge in [0.2, 0.25) is 11.5 Å². The zero-order chi connectivity index (χ0) is 19.7. The van der Waals surface area contributed by atoms with Crippen LogP contribution < -0.4 is 22.2 Å². The molecule has 0 fully saturated rings. The molecule has 3 heterocycles. The Labute approximate surface area is 162 Å². The normalized spacial score (nSPS) is 10.9. The zero-order valence-electron chi connectivity index (χ0n) is 14.5. The summed E-state index contributed by atoms with van der Waals surface area (Å²) in [6.07, 6.45) is 0. The molecule has 3 aromatic heterocycles. The third-order valence-corrected chi connectivity index (χ3v) is 5.25. The highest BCUT2D eigenvalue weighted by molar-refractivity contribution is 7.22. The molecule has 0 aliphatic carbocycles. The number of benzene rings is 1. The Morgan fingerprint density at radius 2 is 1.93 bits per heavy atom. The fourth-order valence-corrected chi connectivity index (χ4v) is 3.78. The number of nitrogens with zero attached hydrogens (tertiary/aromatic N) is 1. The van der Waals surface area contributed by atoms with E-state index in [0.717, 1.165) is 10.4 Å². The number of rotatable bonds is 4. The Morgan fingerprint density at radius 1 is 1.11 bits per heavy atom. The van der Waals surface area contributed by atoms with Gasteiger partial charge in [0.25, 0.3) is 11.5 Å². The van der Waals surface area contributed by atoms with E-state index in [4.69, 9.17) is 5.73 Å². The summed E-state index contributed by atoms with van der Waals surface area (Å²) in [5.74, 6) is -0.207. The molecular weight excluding hydrogens is 378 g/mol. The summed E-state index contributed by atoms with van der Waals surface area (Å²) in [4.78, 5) is 45.9.